The zero-order valence-electron chi connectivity index (χ0n) is 11.9. The second kappa shape index (κ2) is 6.34. The highest BCUT2D eigenvalue weighted by molar-refractivity contribution is 5.44. The average molecular weight is 282 g/mol. The van der Waals surface area contributed by atoms with Crippen LogP contribution >= 0.6 is 0 Å². The van der Waals surface area contributed by atoms with Crippen molar-refractivity contribution in [1.29, 1.82) is 0 Å². The van der Waals surface area contributed by atoms with Gasteiger partial charge in [-0.3, -0.25) is 0 Å². The van der Waals surface area contributed by atoms with Crippen molar-refractivity contribution in [3.8, 4) is 0 Å². The number of hydrogen-bond donors (Lipinski definition) is 3. The molecule has 0 aliphatic carbocycles. The summed E-state index contributed by atoms with van der Waals surface area (Å²) < 4.78 is 10.7. The van der Waals surface area contributed by atoms with Crippen LogP contribution in [0.5, 0.6) is 0 Å². The number of aromatic nitrogens is 2. The molecule has 1 aliphatic rings. The Morgan fingerprint density at radius 1 is 1.60 bits per heavy atom. The van der Waals surface area contributed by atoms with Gasteiger partial charge in [-0.15, -0.1) is 0 Å². The second-order valence-electron chi connectivity index (χ2n) is 4.95. The molecule has 1 fully saturated rings. The first-order valence-electron chi connectivity index (χ1n) is 6.82. The van der Waals surface area contributed by atoms with Crippen LogP contribution in [-0.2, 0) is 16.1 Å². The molecule has 2 heterocycles. The standard InChI is InChI=1S/C13H22N4O3/c1-3-19-7-12-16-10(14)6-11(17-12)15-8-13(18)4-5-20-9(13)2/h6,9,18H,3-5,7-8H2,1-2H3,(H3,14,15,16,17). The average Bonchev–Trinajstić information content (AvgIpc) is 2.74. The van der Waals surface area contributed by atoms with E-state index in [1.807, 2.05) is 13.8 Å². The Kier molecular flexibility index (Phi) is 4.74. The van der Waals surface area contributed by atoms with E-state index >= 15 is 0 Å². The Bertz CT molecular complexity index is 457. The molecule has 0 saturated carbocycles. The number of rotatable bonds is 6. The van der Waals surface area contributed by atoms with Crippen LogP contribution in [0.25, 0.3) is 0 Å². The Balaban J connectivity index is 2.00. The fourth-order valence-electron chi connectivity index (χ4n) is 2.11. The van der Waals surface area contributed by atoms with Crippen molar-refractivity contribution >= 4 is 11.6 Å². The van der Waals surface area contributed by atoms with Crippen molar-refractivity contribution in [2.75, 3.05) is 30.8 Å². The lowest BCUT2D eigenvalue weighted by Crippen LogP contribution is -2.43. The summed E-state index contributed by atoms with van der Waals surface area (Å²) in [6, 6.07) is 1.64. The van der Waals surface area contributed by atoms with Crippen LogP contribution in [0, 0.1) is 0 Å². The van der Waals surface area contributed by atoms with Gasteiger partial charge < -0.3 is 25.6 Å². The number of aliphatic hydroxyl groups is 1. The van der Waals surface area contributed by atoms with Crippen molar-refractivity contribution in [2.45, 2.75) is 38.6 Å². The quantitative estimate of drug-likeness (QED) is 0.700. The largest absolute Gasteiger partial charge is 0.385 e. The summed E-state index contributed by atoms with van der Waals surface area (Å²) in [4.78, 5) is 8.41. The maximum absolute atomic E-state index is 10.4. The number of nitrogen functional groups attached to an aromatic ring is 1. The molecule has 7 nitrogen and oxygen atoms in total. The smallest absolute Gasteiger partial charge is 0.158 e. The lowest BCUT2D eigenvalue weighted by molar-refractivity contribution is -0.0176. The molecule has 1 aromatic heterocycles. The molecule has 2 rings (SSSR count). The van der Waals surface area contributed by atoms with Gasteiger partial charge in [0.15, 0.2) is 5.82 Å². The molecule has 20 heavy (non-hydrogen) atoms. The van der Waals surface area contributed by atoms with E-state index in [4.69, 9.17) is 15.2 Å². The summed E-state index contributed by atoms with van der Waals surface area (Å²) in [5, 5.41) is 13.5. The first kappa shape index (κ1) is 15.0. The Labute approximate surface area is 118 Å². The number of ether oxygens (including phenoxy) is 2. The van der Waals surface area contributed by atoms with Crippen molar-refractivity contribution < 1.29 is 14.6 Å². The SMILES string of the molecule is CCOCc1nc(N)cc(NCC2(O)CCOC2C)n1. The number of anilines is 2. The third kappa shape index (κ3) is 3.56. The first-order chi connectivity index (χ1) is 9.53. The van der Waals surface area contributed by atoms with Crippen molar-refractivity contribution in [1.82, 2.24) is 9.97 Å². The Morgan fingerprint density at radius 2 is 2.40 bits per heavy atom. The van der Waals surface area contributed by atoms with Gasteiger partial charge >= 0.3 is 0 Å². The zero-order valence-corrected chi connectivity index (χ0v) is 11.9. The van der Waals surface area contributed by atoms with E-state index in [-0.39, 0.29) is 6.10 Å². The van der Waals surface area contributed by atoms with Crippen LogP contribution in [0.15, 0.2) is 6.07 Å². The molecule has 0 bridgehead atoms. The summed E-state index contributed by atoms with van der Waals surface area (Å²) >= 11 is 0. The van der Waals surface area contributed by atoms with E-state index in [0.717, 1.165) is 0 Å². The third-order valence-corrected chi connectivity index (χ3v) is 3.46. The summed E-state index contributed by atoms with van der Waals surface area (Å²) in [7, 11) is 0. The molecule has 0 spiro atoms. The molecule has 7 heteroatoms. The van der Waals surface area contributed by atoms with E-state index in [9.17, 15) is 5.11 Å². The van der Waals surface area contributed by atoms with Crippen molar-refractivity contribution in [3.63, 3.8) is 0 Å². The monoisotopic (exact) mass is 282 g/mol. The maximum Gasteiger partial charge on any atom is 0.158 e. The van der Waals surface area contributed by atoms with E-state index in [2.05, 4.69) is 15.3 Å². The van der Waals surface area contributed by atoms with Crippen LogP contribution in [-0.4, -0.2) is 46.5 Å². The highest BCUT2D eigenvalue weighted by Crippen LogP contribution is 2.26. The number of hydrogen-bond acceptors (Lipinski definition) is 7. The Morgan fingerprint density at radius 3 is 3.05 bits per heavy atom. The van der Waals surface area contributed by atoms with Gasteiger partial charge in [0.1, 0.15) is 23.8 Å². The van der Waals surface area contributed by atoms with Crippen LogP contribution in [0.3, 0.4) is 0 Å². The minimum absolute atomic E-state index is 0.197. The molecule has 1 saturated heterocycles. The van der Waals surface area contributed by atoms with Gasteiger partial charge in [-0.25, -0.2) is 9.97 Å². The fraction of sp³-hybridized carbons (Fsp3) is 0.692. The topological polar surface area (TPSA) is 103 Å². The van der Waals surface area contributed by atoms with Crippen molar-refractivity contribution in [2.24, 2.45) is 0 Å². The lowest BCUT2D eigenvalue weighted by Gasteiger charge is -2.26. The molecule has 1 aromatic rings. The van der Waals surface area contributed by atoms with Gasteiger partial charge in [0, 0.05) is 32.2 Å². The minimum atomic E-state index is -0.875. The molecule has 0 aromatic carbocycles. The summed E-state index contributed by atoms with van der Waals surface area (Å²) in [6.07, 6.45) is 0.408. The van der Waals surface area contributed by atoms with Crippen LogP contribution < -0.4 is 11.1 Å². The van der Waals surface area contributed by atoms with Crippen LogP contribution in [0.4, 0.5) is 11.6 Å². The molecular weight excluding hydrogens is 260 g/mol. The van der Waals surface area contributed by atoms with Gasteiger partial charge in [-0.05, 0) is 13.8 Å². The van der Waals surface area contributed by atoms with Gasteiger partial charge in [0.05, 0.1) is 6.10 Å². The van der Waals surface area contributed by atoms with Crippen LogP contribution in [0.1, 0.15) is 26.1 Å². The van der Waals surface area contributed by atoms with E-state index in [1.165, 1.54) is 0 Å². The maximum atomic E-state index is 10.4. The molecule has 0 amide bonds. The van der Waals surface area contributed by atoms with Gasteiger partial charge in [-0.2, -0.15) is 0 Å². The number of nitrogens with two attached hydrogens (primary N) is 1. The first-order valence-corrected chi connectivity index (χ1v) is 6.82. The molecule has 1 aliphatic heterocycles. The number of nitrogens with zero attached hydrogens (tertiary/aromatic N) is 2. The molecule has 4 N–H and O–H groups in total. The normalized spacial score (nSPS) is 25.9. The zero-order chi connectivity index (χ0) is 14.6. The highest BCUT2D eigenvalue weighted by Gasteiger charge is 2.39. The number of nitrogens with one attached hydrogen (secondary N) is 1. The molecule has 112 valence electrons. The minimum Gasteiger partial charge on any atom is -0.385 e. The van der Waals surface area contributed by atoms with E-state index in [0.29, 0.717) is 50.2 Å². The molecular formula is C13H22N4O3. The molecule has 2 atom stereocenters. The predicted molar refractivity (Wildman–Crippen MR) is 75.2 cm³/mol. The Hall–Kier alpha value is -1.44. The van der Waals surface area contributed by atoms with Gasteiger partial charge in [0.25, 0.3) is 0 Å². The van der Waals surface area contributed by atoms with Crippen LogP contribution in [0.2, 0.25) is 0 Å². The lowest BCUT2D eigenvalue weighted by atomic mass is 9.97. The predicted octanol–water partition coefficient (Wildman–Crippen LogP) is 0.547. The fourth-order valence-corrected chi connectivity index (χ4v) is 2.11. The van der Waals surface area contributed by atoms with Crippen molar-refractivity contribution in [3.05, 3.63) is 11.9 Å². The third-order valence-electron chi connectivity index (χ3n) is 3.46. The summed E-state index contributed by atoms with van der Waals surface area (Å²) in [5.41, 5.74) is 4.87. The summed E-state index contributed by atoms with van der Waals surface area (Å²) in [6.45, 7) is 5.61. The second-order valence-corrected chi connectivity index (χ2v) is 4.95. The molecule has 2 unspecified atom stereocenters. The highest BCUT2D eigenvalue weighted by atomic mass is 16.5. The summed E-state index contributed by atoms with van der Waals surface area (Å²) in [5.74, 6) is 1.48. The van der Waals surface area contributed by atoms with Gasteiger partial charge in [0.2, 0.25) is 0 Å². The molecule has 0 radical (unpaired) electrons. The van der Waals surface area contributed by atoms with E-state index in [1.54, 1.807) is 6.07 Å². The van der Waals surface area contributed by atoms with Gasteiger partial charge in [-0.1, -0.05) is 0 Å². The van der Waals surface area contributed by atoms with E-state index < -0.39 is 5.60 Å².